The van der Waals surface area contributed by atoms with Crippen molar-refractivity contribution >= 4 is 27.7 Å². The summed E-state index contributed by atoms with van der Waals surface area (Å²) in [7, 11) is 0. The molecular weight excluding hydrogens is 236 g/mol. The molecule has 3 nitrogen and oxygen atoms in total. The highest BCUT2D eigenvalue weighted by molar-refractivity contribution is 9.10. The minimum Gasteiger partial charge on any atom is -0.480 e. The summed E-state index contributed by atoms with van der Waals surface area (Å²) in [5.41, 5.74) is 0. The third-order valence-electron chi connectivity index (χ3n) is 1.08. The van der Waals surface area contributed by atoms with E-state index < -0.39 is 5.97 Å². The molecule has 0 spiro atoms. The molecule has 0 aromatic heterocycles. The molecule has 0 saturated heterocycles. The predicted octanol–water partition coefficient (Wildman–Crippen LogP) is 2.62. The van der Waals surface area contributed by atoms with Crippen LogP contribution in [0.3, 0.4) is 0 Å². The maximum absolute atomic E-state index is 10.2. The monoisotopic (exact) mass is 252 g/mol. The van der Waals surface area contributed by atoms with Gasteiger partial charge in [-0.1, -0.05) is 35.7 Å². The molecule has 0 amide bonds. The molecule has 4 heteroatoms. The van der Waals surface area contributed by atoms with Crippen molar-refractivity contribution in [3.63, 3.8) is 0 Å². The lowest BCUT2D eigenvalue weighted by atomic mass is 10.2. The Hall–Kier alpha value is -0.380. The number of hydrogen-bond acceptors (Lipinski definition) is 2. The SMILES string of the molecule is CC(C)=O.CCCCC(Br)C(=O)O. The first kappa shape index (κ1) is 15.1. The molecule has 1 N–H and O–H groups in total. The Balaban J connectivity index is 0. The van der Waals surface area contributed by atoms with Crippen LogP contribution in [0.5, 0.6) is 0 Å². The molecule has 1 unspecified atom stereocenters. The molecule has 78 valence electrons. The second kappa shape index (κ2) is 9.71. The lowest BCUT2D eigenvalue weighted by Gasteiger charge is -2.00. The number of alkyl halides is 1. The molecule has 0 fully saturated rings. The summed E-state index contributed by atoms with van der Waals surface area (Å²) in [6.45, 7) is 5.10. The van der Waals surface area contributed by atoms with Crippen molar-refractivity contribution in [3.05, 3.63) is 0 Å². The molecule has 0 saturated carbocycles. The molecule has 0 aliphatic rings. The molecule has 0 aliphatic carbocycles. The summed E-state index contributed by atoms with van der Waals surface area (Å²) < 4.78 is 0. The molecule has 0 aromatic carbocycles. The van der Waals surface area contributed by atoms with Crippen LogP contribution in [-0.4, -0.2) is 21.7 Å². The van der Waals surface area contributed by atoms with Crippen LogP contribution in [0, 0.1) is 0 Å². The van der Waals surface area contributed by atoms with Gasteiger partial charge in [-0.15, -0.1) is 0 Å². The molecule has 0 aliphatic heterocycles. The molecule has 13 heavy (non-hydrogen) atoms. The maximum atomic E-state index is 10.2. The summed E-state index contributed by atoms with van der Waals surface area (Å²) in [4.78, 5) is 19.3. The Morgan fingerprint density at radius 1 is 1.38 bits per heavy atom. The summed E-state index contributed by atoms with van der Waals surface area (Å²) in [5, 5.41) is 8.36. The van der Waals surface area contributed by atoms with Gasteiger partial charge < -0.3 is 9.90 Å². The van der Waals surface area contributed by atoms with Crippen molar-refractivity contribution in [2.45, 2.75) is 44.9 Å². The highest BCUT2D eigenvalue weighted by Gasteiger charge is 2.10. The Kier molecular flexibility index (Phi) is 11.3. The molecule has 0 aromatic rings. The lowest BCUT2D eigenvalue weighted by Crippen LogP contribution is -2.11. The first-order valence-electron chi connectivity index (χ1n) is 4.25. The number of unbranched alkanes of at least 4 members (excludes halogenated alkanes) is 1. The third kappa shape index (κ3) is 18.5. The zero-order chi connectivity index (χ0) is 10.9. The fourth-order valence-electron chi connectivity index (χ4n) is 0.507. The molecule has 1 atom stereocenters. The average Bonchev–Trinajstić information content (AvgIpc) is 1.98. The second-order valence-corrected chi connectivity index (χ2v) is 3.96. The summed E-state index contributed by atoms with van der Waals surface area (Å²) in [5.74, 6) is -0.594. The van der Waals surface area contributed by atoms with Crippen molar-refractivity contribution in [1.82, 2.24) is 0 Å². The van der Waals surface area contributed by atoms with E-state index >= 15 is 0 Å². The minimum absolute atomic E-state index is 0.167. The highest BCUT2D eigenvalue weighted by Crippen LogP contribution is 2.08. The average molecular weight is 253 g/mol. The van der Waals surface area contributed by atoms with E-state index in [4.69, 9.17) is 5.11 Å². The number of aliphatic carboxylic acids is 1. The van der Waals surface area contributed by atoms with E-state index in [1.54, 1.807) is 0 Å². The maximum Gasteiger partial charge on any atom is 0.317 e. The van der Waals surface area contributed by atoms with E-state index in [0.717, 1.165) is 19.3 Å². The van der Waals surface area contributed by atoms with Gasteiger partial charge in [-0.05, 0) is 20.3 Å². The van der Waals surface area contributed by atoms with Crippen molar-refractivity contribution in [2.75, 3.05) is 0 Å². The zero-order valence-electron chi connectivity index (χ0n) is 8.34. The molecule has 0 radical (unpaired) electrons. The number of carbonyl (C=O) groups is 2. The molecular formula is C9H17BrO3. The third-order valence-corrected chi connectivity index (χ3v) is 1.93. The number of Topliss-reactive ketones (excluding diaryl/α,β-unsaturated/α-hetero) is 1. The number of rotatable bonds is 4. The van der Waals surface area contributed by atoms with E-state index in [2.05, 4.69) is 15.9 Å². The number of hydrogen-bond donors (Lipinski definition) is 1. The topological polar surface area (TPSA) is 54.4 Å². The van der Waals surface area contributed by atoms with Gasteiger partial charge in [0.1, 0.15) is 10.6 Å². The summed E-state index contributed by atoms with van der Waals surface area (Å²) in [6, 6.07) is 0. The number of carboxylic acid groups (broad SMARTS) is 1. The summed E-state index contributed by atoms with van der Waals surface area (Å²) in [6.07, 6.45) is 2.75. The van der Waals surface area contributed by atoms with Crippen molar-refractivity contribution in [2.24, 2.45) is 0 Å². The Morgan fingerprint density at radius 3 is 2.00 bits per heavy atom. The van der Waals surface area contributed by atoms with E-state index in [1.165, 1.54) is 13.8 Å². The number of carbonyl (C=O) groups excluding carboxylic acids is 1. The van der Waals surface area contributed by atoms with Crippen LogP contribution in [0.25, 0.3) is 0 Å². The number of carboxylic acids is 1. The lowest BCUT2D eigenvalue weighted by molar-refractivity contribution is -0.136. The van der Waals surface area contributed by atoms with Gasteiger partial charge in [0.05, 0.1) is 0 Å². The number of halogens is 1. The van der Waals surface area contributed by atoms with E-state index in [-0.39, 0.29) is 10.6 Å². The van der Waals surface area contributed by atoms with Gasteiger partial charge >= 0.3 is 5.97 Å². The standard InChI is InChI=1S/C6H11BrO2.C3H6O/c1-2-3-4-5(7)6(8)9;1-3(2)4/h5H,2-4H2,1H3,(H,8,9);1-2H3. The fourth-order valence-corrected chi connectivity index (χ4v) is 0.831. The van der Waals surface area contributed by atoms with Crippen LogP contribution in [0.1, 0.15) is 40.0 Å². The minimum atomic E-state index is -0.761. The van der Waals surface area contributed by atoms with Crippen molar-refractivity contribution in [1.29, 1.82) is 0 Å². The molecule has 0 rings (SSSR count). The van der Waals surface area contributed by atoms with E-state index in [9.17, 15) is 9.59 Å². The van der Waals surface area contributed by atoms with Gasteiger partial charge in [-0.2, -0.15) is 0 Å². The van der Waals surface area contributed by atoms with Gasteiger partial charge in [-0.25, -0.2) is 0 Å². The normalized spacial score (nSPS) is 11.1. The van der Waals surface area contributed by atoms with E-state index in [0.29, 0.717) is 0 Å². The zero-order valence-corrected chi connectivity index (χ0v) is 9.93. The van der Waals surface area contributed by atoms with Gasteiger partial charge in [0.25, 0.3) is 0 Å². The van der Waals surface area contributed by atoms with Crippen LogP contribution in [0.15, 0.2) is 0 Å². The molecule has 0 heterocycles. The van der Waals surface area contributed by atoms with Gasteiger partial charge in [0.15, 0.2) is 0 Å². The second-order valence-electron chi connectivity index (χ2n) is 2.86. The first-order chi connectivity index (χ1) is 5.91. The van der Waals surface area contributed by atoms with Crippen LogP contribution >= 0.6 is 15.9 Å². The van der Waals surface area contributed by atoms with Crippen molar-refractivity contribution < 1.29 is 14.7 Å². The van der Waals surface area contributed by atoms with Crippen LogP contribution < -0.4 is 0 Å². The predicted molar refractivity (Wildman–Crippen MR) is 56.2 cm³/mol. The fraction of sp³-hybridized carbons (Fsp3) is 0.778. The smallest absolute Gasteiger partial charge is 0.317 e. The molecule has 0 bridgehead atoms. The van der Waals surface area contributed by atoms with Crippen LogP contribution in [0.4, 0.5) is 0 Å². The van der Waals surface area contributed by atoms with Crippen molar-refractivity contribution in [3.8, 4) is 0 Å². The Bertz CT molecular complexity index is 153. The van der Waals surface area contributed by atoms with Crippen LogP contribution in [0.2, 0.25) is 0 Å². The van der Waals surface area contributed by atoms with Gasteiger partial charge in [-0.3, -0.25) is 4.79 Å². The quantitative estimate of drug-likeness (QED) is 0.783. The summed E-state index contributed by atoms with van der Waals surface area (Å²) >= 11 is 3.04. The number of ketones is 1. The van der Waals surface area contributed by atoms with Crippen LogP contribution in [-0.2, 0) is 9.59 Å². The van der Waals surface area contributed by atoms with E-state index in [1.807, 2.05) is 6.92 Å². The Morgan fingerprint density at radius 2 is 1.77 bits per heavy atom. The first-order valence-corrected chi connectivity index (χ1v) is 5.17. The van der Waals surface area contributed by atoms with Gasteiger partial charge in [0, 0.05) is 0 Å². The Labute approximate surface area is 87.6 Å². The highest BCUT2D eigenvalue weighted by atomic mass is 79.9. The largest absolute Gasteiger partial charge is 0.480 e. The van der Waals surface area contributed by atoms with Gasteiger partial charge in [0.2, 0.25) is 0 Å².